The van der Waals surface area contributed by atoms with Crippen LogP contribution in [0.2, 0.25) is 18.1 Å². The molecule has 3 aromatic carbocycles. The zero-order chi connectivity index (χ0) is 27.4. The van der Waals surface area contributed by atoms with Crippen molar-refractivity contribution < 1.29 is 9.53 Å². The van der Waals surface area contributed by atoms with Gasteiger partial charge in [-0.15, -0.1) is 0 Å². The molecule has 0 bridgehead atoms. The number of aryl methyl sites for hydroxylation is 5. The molecule has 2 aliphatic carbocycles. The molecular formula is C35H46O2Si. The van der Waals surface area contributed by atoms with Gasteiger partial charge in [-0.1, -0.05) is 44.5 Å². The van der Waals surface area contributed by atoms with Gasteiger partial charge in [0.2, 0.25) is 0 Å². The molecule has 5 rings (SSSR count). The van der Waals surface area contributed by atoms with Gasteiger partial charge in [0, 0.05) is 16.7 Å². The summed E-state index contributed by atoms with van der Waals surface area (Å²) in [7, 11) is -2.20. The Morgan fingerprint density at radius 3 is 1.87 bits per heavy atom. The lowest BCUT2D eigenvalue weighted by molar-refractivity contribution is 0.472. The molecule has 0 amide bonds. The number of aromatic hydroxyl groups is 1. The fourth-order valence-corrected chi connectivity index (χ4v) is 7.58. The lowest BCUT2D eigenvalue weighted by Crippen LogP contribution is -2.44. The van der Waals surface area contributed by atoms with Gasteiger partial charge in [0.15, 0.2) is 0 Å². The summed E-state index contributed by atoms with van der Waals surface area (Å²) in [5.41, 5.74) is 14.2. The molecule has 0 fully saturated rings. The minimum Gasteiger partial charge on any atom is -0.543 e. The second-order valence-electron chi connectivity index (χ2n) is 13.4. The zero-order valence-electron chi connectivity index (χ0n) is 24.9. The first-order chi connectivity index (χ1) is 17.9. The molecule has 2 aliphatic rings. The van der Waals surface area contributed by atoms with Crippen molar-refractivity contribution in [1.29, 1.82) is 0 Å². The predicted molar refractivity (Wildman–Crippen MR) is 164 cm³/mol. The summed E-state index contributed by atoms with van der Waals surface area (Å²) in [5.74, 6) is 1.43. The molecule has 0 atom stereocenters. The summed E-state index contributed by atoms with van der Waals surface area (Å²) >= 11 is 0. The van der Waals surface area contributed by atoms with Crippen molar-refractivity contribution >= 4 is 8.32 Å². The van der Waals surface area contributed by atoms with E-state index >= 15 is 0 Å². The van der Waals surface area contributed by atoms with E-state index in [2.05, 4.69) is 78.9 Å². The van der Waals surface area contributed by atoms with Crippen LogP contribution in [0.5, 0.6) is 11.5 Å². The highest BCUT2D eigenvalue weighted by Crippen LogP contribution is 2.53. The summed E-state index contributed by atoms with van der Waals surface area (Å²) in [6, 6.07) is 11.2. The highest BCUT2D eigenvalue weighted by atomic mass is 28.4. The average Bonchev–Trinajstić information content (AvgIpc) is 2.83. The van der Waals surface area contributed by atoms with E-state index in [9.17, 15) is 5.11 Å². The number of phenols is 1. The van der Waals surface area contributed by atoms with Crippen LogP contribution in [0.1, 0.15) is 85.4 Å². The monoisotopic (exact) mass is 526 g/mol. The second-order valence-corrected chi connectivity index (χ2v) is 18.1. The molecule has 2 nitrogen and oxygen atoms in total. The van der Waals surface area contributed by atoms with Crippen molar-refractivity contribution in [1.82, 2.24) is 0 Å². The van der Waals surface area contributed by atoms with E-state index in [1.165, 1.54) is 81.3 Å². The van der Waals surface area contributed by atoms with Gasteiger partial charge in [-0.25, -0.2) is 0 Å². The van der Waals surface area contributed by atoms with Crippen molar-refractivity contribution in [3.05, 3.63) is 69.3 Å². The number of benzene rings is 3. The van der Waals surface area contributed by atoms with Crippen molar-refractivity contribution in [2.75, 3.05) is 0 Å². The summed E-state index contributed by atoms with van der Waals surface area (Å²) in [6.07, 6.45) is 9.09. The molecule has 1 N–H and O–H groups in total. The Bertz CT molecular complexity index is 1370. The fourth-order valence-electron chi connectivity index (χ4n) is 6.55. The van der Waals surface area contributed by atoms with Gasteiger partial charge in [0.05, 0.1) is 0 Å². The molecule has 3 aromatic rings. The highest BCUT2D eigenvalue weighted by molar-refractivity contribution is 6.74. The number of hydrogen-bond donors (Lipinski definition) is 1. The largest absolute Gasteiger partial charge is 0.543 e. The van der Waals surface area contributed by atoms with Crippen LogP contribution in [0.15, 0.2) is 30.3 Å². The molecule has 0 unspecified atom stereocenters. The Kier molecular flexibility index (Phi) is 7.05. The third-order valence-corrected chi connectivity index (χ3v) is 13.8. The minimum atomic E-state index is -2.20. The quantitative estimate of drug-likeness (QED) is 0.343. The Hall–Kier alpha value is -2.52. The standard InChI is InChI=1S/C35H46O2Si/c1-22-19-23(2)31(24(3)20-22)29-21-26-14-10-12-16-28(26)33(34(29)37-38(7,8)35(4,5)6)32-27-15-11-9-13-25(27)17-18-30(32)36/h17-21,36H,9-16H2,1-8H3. The molecule has 38 heavy (non-hydrogen) atoms. The zero-order valence-corrected chi connectivity index (χ0v) is 25.9. The predicted octanol–water partition coefficient (Wildman–Crippen LogP) is 9.79. The molecule has 0 aliphatic heterocycles. The Morgan fingerprint density at radius 2 is 1.26 bits per heavy atom. The summed E-state index contributed by atoms with van der Waals surface area (Å²) in [5, 5.41) is 11.6. The summed E-state index contributed by atoms with van der Waals surface area (Å²) in [4.78, 5) is 0. The minimum absolute atomic E-state index is 0.0625. The second kappa shape index (κ2) is 9.90. The topological polar surface area (TPSA) is 29.5 Å². The molecule has 0 radical (unpaired) electrons. The van der Waals surface area contributed by atoms with Crippen LogP contribution in [0, 0.1) is 20.8 Å². The number of phenolic OH excluding ortho intramolecular Hbond substituents is 1. The van der Waals surface area contributed by atoms with E-state index in [4.69, 9.17) is 4.43 Å². The first kappa shape index (κ1) is 27.1. The normalized spacial score (nSPS) is 15.7. The molecule has 0 saturated carbocycles. The maximum absolute atomic E-state index is 11.6. The van der Waals surface area contributed by atoms with Crippen LogP contribution in [0.25, 0.3) is 22.3 Å². The van der Waals surface area contributed by atoms with Crippen LogP contribution >= 0.6 is 0 Å². The number of rotatable bonds is 4. The van der Waals surface area contributed by atoms with Gasteiger partial charge in [-0.2, -0.15) is 0 Å². The molecule has 202 valence electrons. The van der Waals surface area contributed by atoms with E-state index < -0.39 is 8.32 Å². The van der Waals surface area contributed by atoms with Gasteiger partial charge in [0.1, 0.15) is 11.5 Å². The van der Waals surface area contributed by atoms with Gasteiger partial charge < -0.3 is 9.53 Å². The van der Waals surface area contributed by atoms with Gasteiger partial charge in [-0.3, -0.25) is 0 Å². The first-order valence-corrected chi connectivity index (χ1v) is 17.6. The lowest BCUT2D eigenvalue weighted by atomic mass is 9.78. The first-order valence-electron chi connectivity index (χ1n) is 14.7. The van der Waals surface area contributed by atoms with Crippen LogP contribution in [0.4, 0.5) is 0 Å². The highest BCUT2D eigenvalue weighted by Gasteiger charge is 2.41. The van der Waals surface area contributed by atoms with Crippen LogP contribution in [-0.2, 0) is 25.7 Å². The third kappa shape index (κ3) is 4.72. The Morgan fingerprint density at radius 1 is 0.711 bits per heavy atom. The van der Waals surface area contributed by atoms with Crippen LogP contribution in [0.3, 0.4) is 0 Å². The summed E-state index contributed by atoms with van der Waals surface area (Å²) < 4.78 is 7.42. The van der Waals surface area contributed by atoms with Crippen LogP contribution in [-0.4, -0.2) is 13.4 Å². The third-order valence-electron chi connectivity index (χ3n) is 9.47. The van der Waals surface area contributed by atoms with Crippen molar-refractivity contribution in [3.8, 4) is 33.8 Å². The number of hydrogen-bond acceptors (Lipinski definition) is 2. The average molecular weight is 527 g/mol. The Balaban J connectivity index is 1.93. The fraction of sp³-hybridized carbons (Fsp3) is 0.486. The molecule has 0 heterocycles. The van der Waals surface area contributed by atoms with Gasteiger partial charge in [0.25, 0.3) is 8.32 Å². The van der Waals surface area contributed by atoms with Gasteiger partial charge >= 0.3 is 0 Å². The number of fused-ring (bicyclic) bond motifs is 2. The molecular weight excluding hydrogens is 480 g/mol. The van der Waals surface area contributed by atoms with Crippen molar-refractivity contribution in [2.24, 2.45) is 0 Å². The van der Waals surface area contributed by atoms with Crippen LogP contribution < -0.4 is 4.43 Å². The smallest absolute Gasteiger partial charge is 0.250 e. The molecule has 0 spiro atoms. The van der Waals surface area contributed by atoms with Gasteiger partial charge in [-0.05, 0) is 141 Å². The maximum atomic E-state index is 11.6. The summed E-state index contributed by atoms with van der Waals surface area (Å²) in [6.45, 7) is 18.3. The Labute approximate surface area is 231 Å². The molecule has 0 saturated heterocycles. The SMILES string of the molecule is Cc1cc(C)c(-c2cc3c(c(-c4c(O)ccc5c4CCCC5)c2O[Si](C)(C)C(C)(C)C)CCCC3)c(C)c1. The lowest BCUT2D eigenvalue weighted by Gasteiger charge is -2.39. The molecule has 0 aromatic heterocycles. The van der Waals surface area contributed by atoms with E-state index in [1.807, 2.05) is 6.07 Å². The van der Waals surface area contributed by atoms with E-state index in [1.54, 1.807) is 0 Å². The van der Waals surface area contributed by atoms with Crippen molar-refractivity contribution in [2.45, 2.75) is 111 Å². The van der Waals surface area contributed by atoms with E-state index in [-0.39, 0.29) is 5.04 Å². The molecule has 3 heteroatoms. The van der Waals surface area contributed by atoms with E-state index in [0.29, 0.717) is 5.75 Å². The van der Waals surface area contributed by atoms with Crippen molar-refractivity contribution in [3.63, 3.8) is 0 Å². The maximum Gasteiger partial charge on any atom is 0.250 e. The van der Waals surface area contributed by atoms with E-state index in [0.717, 1.165) is 37.0 Å².